The number of hydrogen-bond donors (Lipinski definition) is 1. The van der Waals surface area contributed by atoms with Crippen LogP contribution in [-0.4, -0.2) is 4.57 Å². The monoisotopic (exact) mass is 180 g/mol. The molecule has 13 heavy (non-hydrogen) atoms. The molecular weight excluding hydrogens is 164 g/mol. The fourth-order valence-corrected chi connectivity index (χ4v) is 1.12. The van der Waals surface area contributed by atoms with E-state index in [0.717, 1.165) is 13.0 Å². The summed E-state index contributed by atoms with van der Waals surface area (Å²) in [6.07, 6.45) is 2.70. The number of rotatable bonds is 3. The van der Waals surface area contributed by atoms with E-state index in [2.05, 4.69) is 13.8 Å². The van der Waals surface area contributed by atoms with E-state index in [1.54, 1.807) is 16.8 Å². The smallest absolute Gasteiger partial charge is 0.250 e. The lowest BCUT2D eigenvalue weighted by atomic mass is 10.1. The highest BCUT2D eigenvalue weighted by atomic mass is 16.1. The van der Waals surface area contributed by atoms with Gasteiger partial charge in [-0.1, -0.05) is 13.8 Å². The van der Waals surface area contributed by atoms with E-state index >= 15 is 0 Å². The quantitative estimate of drug-likeness (QED) is 0.765. The van der Waals surface area contributed by atoms with Gasteiger partial charge in [-0.05, 0) is 18.4 Å². The Kier molecular flexibility index (Phi) is 3.12. The van der Waals surface area contributed by atoms with E-state index in [-0.39, 0.29) is 5.56 Å². The first kappa shape index (κ1) is 9.84. The van der Waals surface area contributed by atoms with Crippen molar-refractivity contribution in [2.75, 3.05) is 5.73 Å². The lowest BCUT2D eigenvalue weighted by molar-refractivity contribution is 0.508. The number of hydrogen-bond acceptors (Lipinski definition) is 2. The maximum absolute atomic E-state index is 11.3. The zero-order chi connectivity index (χ0) is 9.84. The van der Waals surface area contributed by atoms with Crippen molar-refractivity contribution in [1.29, 1.82) is 0 Å². The van der Waals surface area contributed by atoms with Gasteiger partial charge in [0.25, 0.3) is 5.56 Å². The van der Waals surface area contributed by atoms with Crippen molar-refractivity contribution in [3.05, 3.63) is 28.7 Å². The first-order valence-corrected chi connectivity index (χ1v) is 4.55. The minimum absolute atomic E-state index is 0.0230. The molecule has 2 N–H and O–H groups in total. The minimum atomic E-state index is 0.0230. The van der Waals surface area contributed by atoms with E-state index in [1.807, 2.05) is 0 Å². The first-order valence-electron chi connectivity index (χ1n) is 4.55. The Morgan fingerprint density at radius 2 is 2.15 bits per heavy atom. The van der Waals surface area contributed by atoms with Crippen LogP contribution in [0.3, 0.4) is 0 Å². The van der Waals surface area contributed by atoms with Gasteiger partial charge in [-0.25, -0.2) is 0 Å². The fraction of sp³-hybridized carbons (Fsp3) is 0.500. The van der Waals surface area contributed by atoms with Crippen molar-refractivity contribution >= 4 is 5.69 Å². The van der Waals surface area contributed by atoms with Gasteiger partial charge in [-0.2, -0.15) is 0 Å². The van der Waals surface area contributed by atoms with Crippen LogP contribution in [0.25, 0.3) is 0 Å². The molecule has 3 heteroatoms. The van der Waals surface area contributed by atoms with Crippen molar-refractivity contribution in [3.8, 4) is 0 Å². The molecule has 0 amide bonds. The molecule has 0 saturated heterocycles. The number of aryl methyl sites for hydroxylation is 1. The summed E-state index contributed by atoms with van der Waals surface area (Å²) in [6.45, 7) is 5.02. The Labute approximate surface area is 78.2 Å². The highest BCUT2D eigenvalue weighted by Gasteiger charge is 1.98. The molecule has 1 aromatic heterocycles. The Morgan fingerprint density at radius 1 is 1.46 bits per heavy atom. The predicted molar refractivity (Wildman–Crippen MR) is 54.6 cm³/mol. The molecule has 0 unspecified atom stereocenters. The van der Waals surface area contributed by atoms with E-state index in [0.29, 0.717) is 11.6 Å². The number of pyridine rings is 1. The topological polar surface area (TPSA) is 48.0 Å². The molecule has 0 bridgehead atoms. The van der Waals surface area contributed by atoms with Crippen molar-refractivity contribution in [2.24, 2.45) is 5.92 Å². The van der Waals surface area contributed by atoms with Gasteiger partial charge in [0.15, 0.2) is 0 Å². The highest BCUT2D eigenvalue weighted by molar-refractivity contribution is 5.33. The molecule has 0 aliphatic heterocycles. The summed E-state index contributed by atoms with van der Waals surface area (Å²) < 4.78 is 1.66. The van der Waals surface area contributed by atoms with Crippen LogP contribution in [0.4, 0.5) is 5.69 Å². The minimum Gasteiger partial charge on any atom is -0.398 e. The largest absolute Gasteiger partial charge is 0.398 e. The second kappa shape index (κ2) is 4.12. The molecule has 3 nitrogen and oxygen atoms in total. The molecule has 0 aromatic carbocycles. The third-order valence-electron chi connectivity index (χ3n) is 1.95. The lowest BCUT2D eigenvalue weighted by Gasteiger charge is -2.07. The van der Waals surface area contributed by atoms with Crippen LogP contribution in [0.1, 0.15) is 20.3 Å². The van der Waals surface area contributed by atoms with Crippen molar-refractivity contribution in [2.45, 2.75) is 26.8 Å². The van der Waals surface area contributed by atoms with E-state index in [1.165, 1.54) is 6.07 Å². The van der Waals surface area contributed by atoms with Gasteiger partial charge < -0.3 is 10.3 Å². The molecule has 1 aromatic rings. The summed E-state index contributed by atoms with van der Waals surface area (Å²) in [5.74, 6) is 0.605. The zero-order valence-corrected chi connectivity index (χ0v) is 8.16. The average molecular weight is 180 g/mol. The van der Waals surface area contributed by atoms with Gasteiger partial charge in [0, 0.05) is 24.5 Å². The summed E-state index contributed by atoms with van der Waals surface area (Å²) >= 11 is 0. The molecule has 0 aliphatic rings. The molecule has 0 spiro atoms. The van der Waals surface area contributed by atoms with Crippen LogP contribution in [0.15, 0.2) is 23.1 Å². The summed E-state index contributed by atoms with van der Waals surface area (Å²) in [4.78, 5) is 11.3. The standard InChI is InChI=1S/C10H16N2O/c1-8(2)5-6-12-7-9(11)3-4-10(12)13/h3-4,7-8H,5-6,11H2,1-2H3. The maximum atomic E-state index is 11.3. The lowest BCUT2D eigenvalue weighted by Crippen LogP contribution is -2.19. The summed E-state index contributed by atoms with van der Waals surface area (Å²) in [6, 6.07) is 3.14. The van der Waals surface area contributed by atoms with E-state index in [9.17, 15) is 4.79 Å². The number of anilines is 1. The maximum Gasteiger partial charge on any atom is 0.250 e. The highest BCUT2D eigenvalue weighted by Crippen LogP contribution is 2.02. The van der Waals surface area contributed by atoms with Gasteiger partial charge >= 0.3 is 0 Å². The van der Waals surface area contributed by atoms with Crippen molar-refractivity contribution < 1.29 is 0 Å². The molecule has 0 saturated carbocycles. The molecule has 1 heterocycles. The Bertz CT molecular complexity index is 328. The summed E-state index contributed by atoms with van der Waals surface area (Å²) in [5.41, 5.74) is 6.24. The van der Waals surface area contributed by atoms with Gasteiger partial charge in [0.1, 0.15) is 0 Å². The van der Waals surface area contributed by atoms with Crippen LogP contribution in [0.2, 0.25) is 0 Å². The summed E-state index contributed by atoms with van der Waals surface area (Å²) in [5, 5.41) is 0. The number of nitrogens with zero attached hydrogens (tertiary/aromatic N) is 1. The van der Waals surface area contributed by atoms with Gasteiger partial charge in [-0.3, -0.25) is 4.79 Å². The third kappa shape index (κ3) is 2.93. The zero-order valence-electron chi connectivity index (χ0n) is 8.16. The number of nitrogens with two attached hydrogens (primary N) is 1. The van der Waals surface area contributed by atoms with Crippen LogP contribution in [0, 0.1) is 5.92 Å². The number of nitrogen functional groups attached to an aromatic ring is 1. The van der Waals surface area contributed by atoms with Crippen molar-refractivity contribution in [1.82, 2.24) is 4.57 Å². The second-order valence-electron chi connectivity index (χ2n) is 3.68. The van der Waals surface area contributed by atoms with E-state index in [4.69, 9.17) is 5.73 Å². The van der Waals surface area contributed by atoms with Crippen LogP contribution >= 0.6 is 0 Å². The Balaban J connectivity index is 2.76. The average Bonchev–Trinajstić information content (AvgIpc) is 2.06. The van der Waals surface area contributed by atoms with Crippen LogP contribution in [0.5, 0.6) is 0 Å². The van der Waals surface area contributed by atoms with Gasteiger partial charge in [0.2, 0.25) is 0 Å². The van der Waals surface area contributed by atoms with Crippen molar-refractivity contribution in [3.63, 3.8) is 0 Å². The third-order valence-corrected chi connectivity index (χ3v) is 1.95. The Hall–Kier alpha value is -1.25. The van der Waals surface area contributed by atoms with Gasteiger partial charge in [-0.15, -0.1) is 0 Å². The molecule has 0 aliphatic carbocycles. The van der Waals surface area contributed by atoms with Crippen LogP contribution in [-0.2, 0) is 6.54 Å². The van der Waals surface area contributed by atoms with Crippen LogP contribution < -0.4 is 11.3 Å². The SMILES string of the molecule is CC(C)CCn1cc(N)ccc1=O. The van der Waals surface area contributed by atoms with E-state index < -0.39 is 0 Å². The second-order valence-corrected chi connectivity index (χ2v) is 3.68. The molecular formula is C10H16N2O. The molecule has 0 fully saturated rings. The predicted octanol–water partition coefficient (Wildman–Crippen LogP) is 1.48. The molecule has 0 atom stereocenters. The normalized spacial score (nSPS) is 10.7. The summed E-state index contributed by atoms with van der Waals surface area (Å²) in [7, 11) is 0. The van der Waals surface area contributed by atoms with Gasteiger partial charge in [0.05, 0.1) is 0 Å². The molecule has 72 valence electrons. The Morgan fingerprint density at radius 3 is 2.77 bits per heavy atom. The fourth-order valence-electron chi connectivity index (χ4n) is 1.12. The first-order chi connectivity index (χ1) is 6.09. The number of aromatic nitrogens is 1. The molecule has 1 rings (SSSR count). The molecule has 0 radical (unpaired) electrons.